The van der Waals surface area contributed by atoms with E-state index < -0.39 is 4.92 Å². The van der Waals surface area contributed by atoms with Gasteiger partial charge in [-0.2, -0.15) is 4.98 Å². The van der Waals surface area contributed by atoms with Crippen LogP contribution >= 0.6 is 0 Å². The van der Waals surface area contributed by atoms with Crippen molar-refractivity contribution in [2.75, 3.05) is 32.1 Å². The van der Waals surface area contributed by atoms with Crippen molar-refractivity contribution in [2.24, 2.45) is 11.1 Å². The monoisotopic (exact) mass is 269 g/mol. The second-order valence-corrected chi connectivity index (χ2v) is 5.04. The van der Waals surface area contributed by atoms with E-state index in [0.29, 0.717) is 13.1 Å². The van der Waals surface area contributed by atoms with Crippen LogP contribution in [0.1, 0.15) is 13.8 Å². The summed E-state index contributed by atoms with van der Waals surface area (Å²) in [5, 5.41) is 11.1. The van der Waals surface area contributed by atoms with Crippen molar-refractivity contribution < 1.29 is 9.66 Å². The number of hydrogen-bond donors (Lipinski definition) is 1. The molecule has 2 N–H and O–H groups in total. The number of nitrogens with zero attached hydrogens (tertiary/aromatic N) is 4. The van der Waals surface area contributed by atoms with Gasteiger partial charge in [0.2, 0.25) is 5.82 Å². The van der Waals surface area contributed by atoms with Crippen LogP contribution in [0.2, 0.25) is 0 Å². The lowest BCUT2D eigenvalue weighted by molar-refractivity contribution is -0.385. The van der Waals surface area contributed by atoms with Crippen LogP contribution in [0.4, 0.5) is 11.5 Å². The minimum Gasteiger partial charge on any atom is -0.476 e. The average Bonchev–Trinajstić information content (AvgIpc) is 2.37. The van der Waals surface area contributed by atoms with Crippen LogP contribution in [0.3, 0.4) is 0 Å². The summed E-state index contributed by atoms with van der Waals surface area (Å²) in [6.45, 7) is 4.96. The van der Waals surface area contributed by atoms with Gasteiger partial charge in [-0.15, -0.1) is 0 Å². The number of ether oxygens (including phenoxy) is 1. The van der Waals surface area contributed by atoms with E-state index in [9.17, 15) is 10.1 Å². The van der Waals surface area contributed by atoms with E-state index in [1.807, 2.05) is 13.8 Å². The van der Waals surface area contributed by atoms with Gasteiger partial charge in [-0.25, -0.2) is 4.98 Å². The van der Waals surface area contributed by atoms with Gasteiger partial charge in [-0.3, -0.25) is 10.1 Å². The quantitative estimate of drug-likeness (QED) is 0.601. The van der Waals surface area contributed by atoms with E-state index in [0.717, 1.165) is 0 Å². The number of rotatable bonds is 6. The zero-order valence-electron chi connectivity index (χ0n) is 11.6. The molecule has 8 nitrogen and oxygen atoms in total. The van der Waals surface area contributed by atoms with Crippen molar-refractivity contribution in [3.05, 3.63) is 16.4 Å². The molecular formula is C11H19N5O3. The first-order chi connectivity index (χ1) is 8.82. The molecule has 1 aromatic rings. The molecule has 0 saturated carbocycles. The van der Waals surface area contributed by atoms with Crippen molar-refractivity contribution in [2.45, 2.75) is 13.8 Å². The summed E-state index contributed by atoms with van der Waals surface area (Å²) in [6, 6.07) is 0. The molecule has 0 fully saturated rings. The lowest BCUT2D eigenvalue weighted by Crippen LogP contribution is -2.37. The highest BCUT2D eigenvalue weighted by Crippen LogP contribution is 2.33. The Morgan fingerprint density at radius 1 is 1.53 bits per heavy atom. The second-order valence-electron chi connectivity index (χ2n) is 5.04. The zero-order chi connectivity index (χ0) is 14.6. The number of nitro groups is 1. The SMILES string of the molecule is COc1ncnc(N(C)CC(C)(C)CN)c1[N+](=O)[O-]. The van der Waals surface area contributed by atoms with E-state index in [4.69, 9.17) is 10.5 Å². The maximum absolute atomic E-state index is 11.1. The Hall–Kier alpha value is -1.96. The number of methoxy groups -OCH3 is 1. The normalized spacial score (nSPS) is 11.2. The molecule has 0 radical (unpaired) electrons. The van der Waals surface area contributed by atoms with Crippen LogP contribution < -0.4 is 15.4 Å². The highest BCUT2D eigenvalue weighted by atomic mass is 16.6. The maximum Gasteiger partial charge on any atom is 0.372 e. The third-order valence-electron chi connectivity index (χ3n) is 2.72. The predicted octanol–water partition coefficient (Wildman–Crippen LogP) is 0.815. The largest absolute Gasteiger partial charge is 0.476 e. The van der Waals surface area contributed by atoms with Gasteiger partial charge in [0.15, 0.2) is 0 Å². The average molecular weight is 269 g/mol. The zero-order valence-corrected chi connectivity index (χ0v) is 11.6. The Balaban J connectivity index is 3.16. The number of anilines is 1. The fourth-order valence-electron chi connectivity index (χ4n) is 1.72. The molecule has 0 bridgehead atoms. The Bertz CT molecular complexity index is 464. The first kappa shape index (κ1) is 15.1. The van der Waals surface area contributed by atoms with Gasteiger partial charge in [0.1, 0.15) is 6.33 Å². The molecule has 19 heavy (non-hydrogen) atoms. The third kappa shape index (κ3) is 3.50. The molecule has 1 heterocycles. The summed E-state index contributed by atoms with van der Waals surface area (Å²) in [5.41, 5.74) is 5.25. The molecule has 0 spiro atoms. The van der Waals surface area contributed by atoms with E-state index >= 15 is 0 Å². The predicted molar refractivity (Wildman–Crippen MR) is 71.3 cm³/mol. The first-order valence-electron chi connectivity index (χ1n) is 5.77. The van der Waals surface area contributed by atoms with Crippen LogP contribution in [0, 0.1) is 15.5 Å². The maximum atomic E-state index is 11.1. The minimum atomic E-state index is -0.542. The van der Waals surface area contributed by atoms with Crippen LogP contribution in [0.15, 0.2) is 6.33 Å². The molecule has 1 rings (SSSR count). The Morgan fingerprint density at radius 2 is 2.16 bits per heavy atom. The Morgan fingerprint density at radius 3 is 2.63 bits per heavy atom. The molecule has 106 valence electrons. The molecule has 1 aromatic heterocycles. The summed E-state index contributed by atoms with van der Waals surface area (Å²) < 4.78 is 4.91. The molecule has 0 unspecified atom stereocenters. The molecule has 0 aliphatic heterocycles. The summed E-state index contributed by atoms with van der Waals surface area (Å²) in [5.74, 6) is 0.172. The molecule has 8 heteroatoms. The Kier molecular flexibility index (Phi) is 4.60. The summed E-state index contributed by atoms with van der Waals surface area (Å²) in [6.07, 6.45) is 1.24. The van der Waals surface area contributed by atoms with Crippen LogP contribution in [0.5, 0.6) is 5.88 Å². The van der Waals surface area contributed by atoms with Crippen molar-refractivity contribution in [3.63, 3.8) is 0 Å². The van der Waals surface area contributed by atoms with E-state index in [2.05, 4.69) is 9.97 Å². The highest BCUT2D eigenvalue weighted by Gasteiger charge is 2.28. The van der Waals surface area contributed by atoms with Gasteiger partial charge in [0, 0.05) is 13.6 Å². The van der Waals surface area contributed by atoms with E-state index in [1.54, 1.807) is 11.9 Å². The molecule has 0 atom stereocenters. The molecule has 0 aliphatic carbocycles. The summed E-state index contributed by atoms with van der Waals surface area (Å²) in [7, 11) is 3.06. The minimum absolute atomic E-state index is 0.0487. The van der Waals surface area contributed by atoms with Gasteiger partial charge in [-0.1, -0.05) is 13.8 Å². The van der Waals surface area contributed by atoms with Crippen molar-refractivity contribution in [1.82, 2.24) is 9.97 Å². The number of nitrogens with two attached hydrogens (primary N) is 1. The molecule has 0 aliphatic rings. The lowest BCUT2D eigenvalue weighted by atomic mass is 9.93. The topological polar surface area (TPSA) is 107 Å². The molecule has 0 aromatic carbocycles. The smallest absolute Gasteiger partial charge is 0.372 e. The van der Waals surface area contributed by atoms with Crippen molar-refractivity contribution in [1.29, 1.82) is 0 Å². The fraction of sp³-hybridized carbons (Fsp3) is 0.636. The van der Waals surface area contributed by atoms with Crippen LogP contribution in [-0.2, 0) is 0 Å². The van der Waals surface area contributed by atoms with Gasteiger partial charge in [0.05, 0.1) is 12.0 Å². The van der Waals surface area contributed by atoms with E-state index in [-0.39, 0.29) is 22.8 Å². The van der Waals surface area contributed by atoms with Crippen molar-refractivity contribution in [3.8, 4) is 5.88 Å². The second kappa shape index (κ2) is 5.79. The number of aromatic nitrogens is 2. The summed E-state index contributed by atoms with van der Waals surface area (Å²) in [4.78, 5) is 20.0. The van der Waals surface area contributed by atoms with Gasteiger partial charge < -0.3 is 15.4 Å². The van der Waals surface area contributed by atoms with Gasteiger partial charge in [-0.05, 0) is 12.0 Å². The van der Waals surface area contributed by atoms with Crippen molar-refractivity contribution >= 4 is 11.5 Å². The van der Waals surface area contributed by atoms with Gasteiger partial charge >= 0.3 is 5.69 Å². The third-order valence-corrected chi connectivity index (χ3v) is 2.72. The molecule has 0 amide bonds. The lowest BCUT2D eigenvalue weighted by Gasteiger charge is -2.29. The summed E-state index contributed by atoms with van der Waals surface area (Å²) >= 11 is 0. The first-order valence-corrected chi connectivity index (χ1v) is 5.77. The van der Waals surface area contributed by atoms with Crippen LogP contribution in [-0.4, -0.2) is 42.1 Å². The molecule has 0 saturated heterocycles. The molecular weight excluding hydrogens is 250 g/mol. The van der Waals surface area contributed by atoms with Crippen LogP contribution in [0.25, 0.3) is 0 Å². The van der Waals surface area contributed by atoms with E-state index in [1.165, 1.54) is 13.4 Å². The van der Waals surface area contributed by atoms with Gasteiger partial charge in [0.25, 0.3) is 5.88 Å². The Labute approximate surface area is 111 Å². The standard InChI is InChI=1S/C11H19N5O3/c1-11(2,5-12)6-15(3)9-8(16(17)18)10(19-4)14-7-13-9/h7H,5-6,12H2,1-4H3. The number of hydrogen-bond acceptors (Lipinski definition) is 7. The highest BCUT2D eigenvalue weighted by molar-refractivity contribution is 5.62. The fourth-order valence-corrected chi connectivity index (χ4v) is 1.72.